The Hall–Kier alpha value is -3.24. The van der Waals surface area contributed by atoms with Crippen LogP contribution >= 0.6 is 0 Å². The van der Waals surface area contributed by atoms with Gasteiger partial charge in [0.1, 0.15) is 30.5 Å². The molecule has 0 aromatic rings. The summed E-state index contributed by atoms with van der Waals surface area (Å²) in [5.41, 5.74) is 0. The summed E-state index contributed by atoms with van der Waals surface area (Å²) in [5, 5.41) is 30.9. The first-order valence-corrected chi connectivity index (χ1v) is 31.0. The van der Waals surface area contributed by atoms with Gasteiger partial charge in [-0.1, -0.05) is 226 Å². The van der Waals surface area contributed by atoms with Crippen molar-refractivity contribution in [2.75, 3.05) is 26.4 Å². The molecule has 0 aromatic carbocycles. The lowest BCUT2D eigenvalue weighted by atomic mass is 9.99. The third-order valence-electron chi connectivity index (χ3n) is 12.9. The topological polar surface area (TPSA) is 178 Å². The minimum Gasteiger partial charge on any atom is -0.457 e. The number of esters is 1. The van der Waals surface area contributed by atoms with Crippen LogP contribution in [-0.2, 0) is 38.3 Å². The Balaban J connectivity index is 2.34. The van der Waals surface area contributed by atoms with Crippen LogP contribution in [0.3, 0.4) is 0 Å². The molecule has 0 amide bonds. The van der Waals surface area contributed by atoms with Crippen LogP contribution in [-0.4, -0.2) is 97.5 Å². The van der Waals surface area contributed by atoms with Crippen LogP contribution in [0.15, 0.2) is 109 Å². The average Bonchev–Trinajstić information content (AvgIpc) is 3.40. The molecule has 1 aliphatic rings. The number of aliphatic hydroxyl groups is 3. The van der Waals surface area contributed by atoms with Crippen molar-refractivity contribution in [2.45, 2.75) is 256 Å². The zero-order valence-electron chi connectivity index (χ0n) is 47.3. The van der Waals surface area contributed by atoms with E-state index in [2.05, 4.69) is 121 Å². The fourth-order valence-electron chi connectivity index (χ4n) is 8.46. The molecule has 0 spiro atoms. The molecule has 0 radical (unpaired) electrons. The minimum absolute atomic E-state index is 0.00616. The Morgan fingerprint density at radius 3 is 1.33 bits per heavy atom. The predicted octanol–water partition coefficient (Wildman–Crippen LogP) is 15.1. The smallest absolute Gasteiger partial charge is 0.397 e. The van der Waals surface area contributed by atoms with Crippen LogP contribution in [0, 0.1) is 0 Å². The number of unbranched alkanes of at least 4 members (excludes halogenated alkanes) is 20. The van der Waals surface area contributed by atoms with Gasteiger partial charge in [-0.15, -0.1) is 0 Å². The van der Waals surface area contributed by atoms with E-state index < -0.39 is 59.8 Å². The lowest BCUT2D eigenvalue weighted by molar-refractivity contribution is -0.301. The molecule has 1 saturated heterocycles. The maximum absolute atomic E-state index is 12.9. The summed E-state index contributed by atoms with van der Waals surface area (Å²) in [6, 6.07) is 0. The van der Waals surface area contributed by atoms with Gasteiger partial charge in [0.05, 0.1) is 19.8 Å². The number of hydrogen-bond acceptors (Lipinski definition) is 11. The molecule has 1 aliphatic heterocycles. The normalized spacial score (nSPS) is 19.4. The van der Waals surface area contributed by atoms with E-state index in [1.54, 1.807) is 0 Å². The van der Waals surface area contributed by atoms with Crippen LogP contribution in [0.5, 0.6) is 0 Å². The van der Waals surface area contributed by atoms with Crippen LogP contribution in [0.1, 0.15) is 219 Å². The molecule has 6 atom stereocenters. The largest absolute Gasteiger partial charge is 0.457 e. The number of rotatable bonds is 51. The first-order chi connectivity index (χ1) is 37.1. The van der Waals surface area contributed by atoms with Gasteiger partial charge >= 0.3 is 16.4 Å². The lowest BCUT2D eigenvalue weighted by Crippen LogP contribution is -2.60. The van der Waals surface area contributed by atoms with E-state index in [9.17, 15) is 33.1 Å². The molecule has 4 N–H and O–H groups in total. The molecular weight excluding hydrogens is 981 g/mol. The molecule has 436 valence electrons. The first kappa shape index (κ1) is 70.8. The van der Waals surface area contributed by atoms with E-state index in [4.69, 9.17) is 18.9 Å². The van der Waals surface area contributed by atoms with Crippen molar-refractivity contribution in [3.05, 3.63) is 109 Å². The highest BCUT2D eigenvalue weighted by Crippen LogP contribution is 2.26. The zero-order chi connectivity index (χ0) is 55.3. The van der Waals surface area contributed by atoms with E-state index in [1.807, 2.05) is 6.08 Å². The minimum atomic E-state index is -5.08. The molecule has 0 bridgehead atoms. The van der Waals surface area contributed by atoms with Crippen molar-refractivity contribution in [3.63, 3.8) is 0 Å². The molecule has 1 rings (SSSR count). The van der Waals surface area contributed by atoms with Crippen molar-refractivity contribution < 1.29 is 56.2 Å². The maximum atomic E-state index is 12.9. The second-order valence-electron chi connectivity index (χ2n) is 19.8. The van der Waals surface area contributed by atoms with E-state index in [0.29, 0.717) is 19.4 Å². The van der Waals surface area contributed by atoms with Crippen molar-refractivity contribution in [1.82, 2.24) is 0 Å². The van der Waals surface area contributed by atoms with Gasteiger partial charge in [0.25, 0.3) is 0 Å². The number of allylic oxidation sites excluding steroid dienone is 18. The number of carbonyl (C=O) groups excluding carboxylic acids is 1. The monoisotopic (exact) mass is 1090 g/mol. The molecule has 6 unspecified atom stereocenters. The second kappa shape index (κ2) is 52.5. The molecule has 76 heavy (non-hydrogen) atoms. The Morgan fingerprint density at radius 2 is 0.908 bits per heavy atom. The average molecular weight is 1090 g/mol. The van der Waals surface area contributed by atoms with Gasteiger partial charge in [-0.2, -0.15) is 8.42 Å². The van der Waals surface area contributed by atoms with Gasteiger partial charge < -0.3 is 34.3 Å². The lowest BCUT2D eigenvalue weighted by Gasteiger charge is -2.41. The van der Waals surface area contributed by atoms with Crippen LogP contribution in [0.4, 0.5) is 0 Å². The summed E-state index contributed by atoms with van der Waals surface area (Å²) < 4.78 is 59.4. The Kier molecular flexibility index (Phi) is 48.9. The predicted molar refractivity (Wildman–Crippen MR) is 312 cm³/mol. The van der Waals surface area contributed by atoms with Crippen LogP contribution in [0.25, 0.3) is 0 Å². The summed E-state index contributed by atoms with van der Waals surface area (Å²) in [7, 11) is -5.08. The van der Waals surface area contributed by atoms with E-state index in [0.717, 1.165) is 70.6 Å². The second-order valence-corrected chi connectivity index (χ2v) is 20.9. The Labute approximate surface area is 462 Å². The summed E-state index contributed by atoms with van der Waals surface area (Å²) in [6.45, 7) is 3.80. The zero-order valence-corrected chi connectivity index (χ0v) is 48.1. The summed E-state index contributed by atoms with van der Waals surface area (Å²) in [5.74, 6) is -0.458. The van der Waals surface area contributed by atoms with E-state index in [-0.39, 0.29) is 19.6 Å². The third kappa shape index (κ3) is 44.7. The number of hydrogen-bond donors (Lipinski definition) is 4. The van der Waals surface area contributed by atoms with Crippen LogP contribution < -0.4 is 0 Å². The SMILES string of the molecule is CC/C=C\C/C=C\C/C=C\C/C=C\C/C=C\C/C=C\C/C=C\CCCC(=O)OC(COCCCCCCCCCCCCCCCC/C=C\C/C=C\CCCCCCC)COC1OC(CO)C(O)C(OS(=O)(=O)O)C1O. The molecule has 1 fully saturated rings. The van der Waals surface area contributed by atoms with E-state index in [1.165, 1.54) is 116 Å². The molecule has 13 heteroatoms. The first-order valence-electron chi connectivity index (χ1n) is 29.6. The molecule has 0 aliphatic carbocycles. The summed E-state index contributed by atoms with van der Waals surface area (Å²) in [6.07, 6.45) is 65.6. The van der Waals surface area contributed by atoms with Gasteiger partial charge in [-0.25, -0.2) is 4.18 Å². The fraction of sp³-hybridized carbons (Fsp3) is 0.698. The van der Waals surface area contributed by atoms with Crippen molar-refractivity contribution >= 4 is 16.4 Å². The maximum Gasteiger partial charge on any atom is 0.397 e. The number of carbonyl (C=O) groups is 1. The quantitative estimate of drug-likeness (QED) is 0.0196. The molecular formula is C63H106O12S. The number of ether oxygens (including phenoxy) is 4. The van der Waals surface area contributed by atoms with Gasteiger partial charge in [0, 0.05) is 13.0 Å². The van der Waals surface area contributed by atoms with Crippen molar-refractivity contribution in [3.8, 4) is 0 Å². The molecule has 0 aromatic heterocycles. The highest BCUT2D eigenvalue weighted by atomic mass is 32.3. The van der Waals surface area contributed by atoms with E-state index >= 15 is 0 Å². The highest BCUT2D eigenvalue weighted by molar-refractivity contribution is 7.80. The summed E-state index contributed by atoms with van der Waals surface area (Å²) >= 11 is 0. The number of aliphatic hydroxyl groups excluding tert-OH is 3. The Morgan fingerprint density at radius 1 is 0.513 bits per heavy atom. The summed E-state index contributed by atoms with van der Waals surface area (Å²) in [4.78, 5) is 12.9. The standard InChI is InChI=1S/C63H106O12S/c1-3-5-7-9-11-13-15-17-19-21-23-25-27-28-29-31-33-35-37-39-41-43-45-47-49-51-53-71-55-57(56-72-63-61(67)62(75-76(68,69)70)60(66)58(54-64)74-63)73-59(65)52-50-48-46-44-42-40-38-36-34-32-30-26-24-22-20-18-16-14-12-10-8-6-4-2/h6,8,12,14-15,17-18,20-21,23-24,26,32,34,38,40,44,46,57-58,60-64,66-67H,3-5,7,9-11,13,16,19,22,25,27-31,33,35-37,39,41-43,45,47-56H2,1-2H3,(H,68,69,70)/b8-6-,14-12-,17-15-,20-18-,23-21-,26-24-,34-32-,40-38-,46-44-. The van der Waals surface area contributed by atoms with Gasteiger partial charge in [-0.3, -0.25) is 9.35 Å². The van der Waals surface area contributed by atoms with Gasteiger partial charge in [0.2, 0.25) is 0 Å². The van der Waals surface area contributed by atoms with Crippen LogP contribution in [0.2, 0.25) is 0 Å². The molecule has 1 heterocycles. The third-order valence-corrected chi connectivity index (χ3v) is 13.3. The van der Waals surface area contributed by atoms with Gasteiger partial charge in [0.15, 0.2) is 6.29 Å². The Bertz CT molecular complexity index is 1730. The van der Waals surface area contributed by atoms with Crippen molar-refractivity contribution in [2.24, 2.45) is 0 Å². The molecule has 12 nitrogen and oxygen atoms in total. The highest BCUT2D eigenvalue weighted by Gasteiger charge is 2.48. The fourth-order valence-corrected chi connectivity index (χ4v) is 8.97. The van der Waals surface area contributed by atoms with Crippen molar-refractivity contribution in [1.29, 1.82) is 0 Å². The van der Waals surface area contributed by atoms with Gasteiger partial charge in [-0.05, 0) is 96.3 Å². The molecule has 0 saturated carbocycles.